The molecular weight excluding hydrogens is 424 g/mol. The number of hydrogen-bond acceptors (Lipinski definition) is 4. The van der Waals surface area contributed by atoms with E-state index in [4.69, 9.17) is 0 Å². The zero-order valence-electron chi connectivity index (χ0n) is 16.6. The Balaban J connectivity index is 0.00000128. The van der Waals surface area contributed by atoms with Crippen LogP contribution >= 0.6 is 24.8 Å². The molecule has 0 atom stereocenters. The van der Waals surface area contributed by atoms with Gasteiger partial charge in [0.2, 0.25) is 0 Å². The van der Waals surface area contributed by atoms with Crippen LogP contribution < -0.4 is 5.32 Å². The molecule has 1 N–H and O–H groups in total. The number of benzene rings is 1. The number of pyridine rings is 1. The van der Waals surface area contributed by atoms with Crippen molar-refractivity contribution < 1.29 is 4.39 Å². The van der Waals surface area contributed by atoms with Crippen molar-refractivity contribution in [2.24, 2.45) is 0 Å². The van der Waals surface area contributed by atoms with E-state index < -0.39 is 0 Å². The monoisotopic (exact) mass is 445 g/mol. The number of imidazole rings is 1. The van der Waals surface area contributed by atoms with Gasteiger partial charge in [-0.25, -0.2) is 9.37 Å². The number of fused-ring (bicyclic) bond motifs is 2. The van der Waals surface area contributed by atoms with Crippen molar-refractivity contribution in [1.29, 1.82) is 0 Å². The Bertz CT molecular complexity index is 1270. The SMILES string of the molecule is Cc1cn2cc(-c3cc4c(F)cc(C5=CCNCC5)cc4nn3)cc(C)c2n1.Cl.Cl. The lowest BCUT2D eigenvalue weighted by atomic mass is 9.98. The summed E-state index contributed by atoms with van der Waals surface area (Å²) in [5.74, 6) is -0.264. The van der Waals surface area contributed by atoms with Crippen molar-refractivity contribution in [3.63, 3.8) is 0 Å². The van der Waals surface area contributed by atoms with Crippen molar-refractivity contribution in [3.8, 4) is 11.3 Å². The van der Waals surface area contributed by atoms with Gasteiger partial charge in [0.25, 0.3) is 0 Å². The van der Waals surface area contributed by atoms with E-state index in [-0.39, 0.29) is 30.6 Å². The molecule has 1 aliphatic rings. The molecule has 8 heteroatoms. The number of nitrogens with one attached hydrogen (secondary N) is 1. The molecule has 0 amide bonds. The molecule has 30 heavy (non-hydrogen) atoms. The second-order valence-corrected chi connectivity index (χ2v) is 7.33. The average molecular weight is 446 g/mol. The Hall–Kier alpha value is -2.54. The molecule has 0 saturated carbocycles. The molecule has 0 spiro atoms. The largest absolute Gasteiger partial charge is 0.313 e. The van der Waals surface area contributed by atoms with E-state index >= 15 is 0 Å². The summed E-state index contributed by atoms with van der Waals surface area (Å²) in [6, 6.07) is 7.34. The highest BCUT2D eigenvalue weighted by Crippen LogP contribution is 2.28. The fraction of sp³-hybridized carbons (Fsp3) is 0.227. The number of aromatic nitrogens is 4. The lowest BCUT2D eigenvalue weighted by molar-refractivity contribution is 0.638. The predicted molar refractivity (Wildman–Crippen MR) is 123 cm³/mol. The number of halogens is 3. The first-order valence-electron chi connectivity index (χ1n) is 9.42. The van der Waals surface area contributed by atoms with Crippen LogP contribution in [0.4, 0.5) is 4.39 Å². The summed E-state index contributed by atoms with van der Waals surface area (Å²) in [4.78, 5) is 4.52. The third kappa shape index (κ3) is 3.90. The van der Waals surface area contributed by atoms with Crippen LogP contribution in [-0.2, 0) is 0 Å². The number of rotatable bonds is 2. The molecule has 5 nitrogen and oxygen atoms in total. The molecule has 4 heterocycles. The van der Waals surface area contributed by atoms with Crippen molar-refractivity contribution in [2.75, 3.05) is 13.1 Å². The fourth-order valence-corrected chi connectivity index (χ4v) is 3.84. The lowest BCUT2D eigenvalue weighted by Crippen LogP contribution is -2.20. The summed E-state index contributed by atoms with van der Waals surface area (Å²) in [5.41, 5.74) is 7.08. The van der Waals surface area contributed by atoms with E-state index in [1.54, 1.807) is 12.1 Å². The zero-order chi connectivity index (χ0) is 19.3. The zero-order valence-corrected chi connectivity index (χ0v) is 18.3. The van der Waals surface area contributed by atoms with Gasteiger partial charge in [-0.2, -0.15) is 0 Å². The van der Waals surface area contributed by atoms with Crippen LogP contribution in [-0.4, -0.2) is 32.7 Å². The van der Waals surface area contributed by atoms with E-state index in [1.807, 2.05) is 42.8 Å². The first kappa shape index (κ1) is 22.2. The second kappa shape index (κ2) is 8.68. The van der Waals surface area contributed by atoms with Gasteiger partial charge in [0, 0.05) is 29.9 Å². The predicted octanol–water partition coefficient (Wildman–Crippen LogP) is 4.92. The summed E-state index contributed by atoms with van der Waals surface area (Å²) in [6.45, 7) is 5.70. The van der Waals surface area contributed by atoms with E-state index in [0.29, 0.717) is 16.6 Å². The number of aryl methyl sites for hydroxylation is 2. The van der Waals surface area contributed by atoms with Crippen molar-refractivity contribution in [1.82, 2.24) is 24.9 Å². The van der Waals surface area contributed by atoms with Crippen LogP contribution in [0.1, 0.15) is 23.2 Å². The summed E-state index contributed by atoms with van der Waals surface area (Å²) in [6.07, 6.45) is 6.93. The van der Waals surface area contributed by atoms with Crippen LogP contribution in [0.3, 0.4) is 0 Å². The molecule has 0 aliphatic carbocycles. The summed E-state index contributed by atoms with van der Waals surface area (Å²) >= 11 is 0. The van der Waals surface area contributed by atoms with Crippen LogP contribution in [0.2, 0.25) is 0 Å². The maximum atomic E-state index is 14.9. The Morgan fingerprint density at radius 2 is 1.83 bits per heavy atom. The molecule has 156 valence electrons. The summed E-state index contributed by atoms with van der Waals surface area (Å²) in [7, 11) is 0. The highest BCUT2D eigenvalue weighted by atomic mass is 35.5. The van der Waals surface area contributed by atoms with Crippen LogP contribution in [0.15, 0.2) is 42.7 Å². The van der Waals surface area contributed by atoms with Gasteiger partial charge in [-0.05, 0) is 67.8 Å². The molecule has 0 saturated heterocycles. The van der Waals surface area contributed by atoms with Gasteiger partial charge < -0.3 is 9.72 Å². The van der Waals surface area contributed by atoms with E-state index in [0.717, 1.165) is 53.1 Å². The lowest BCUT2D eigenvalue weighted by Gasteiger charge is -2.15. The molecular formula is C22H22Cl2FN5. The maximum Gasteiger partial charge on any atom is 0.139 e. The second-order valence-electron chi connectivity index (χ2n) is 7.33. The van der Waals surface area contributed by atoms with Gasteiger partial charge in [-0.15, -0.1) is 35.0 Å². The third-order valence-electron chi connectivity index (χ3n) is 5.24. The van der Waals surface area contributed by atoms with E-state index in [9.17, 15) is 4.39 Å². The molecule has 0 unspecified atom stereocenters. The van der Waals surface area contributed by atoms with E-state index in [2.05, 4.69) is 26.6 Å². The first-order chi connectivity index (χ1) is 13.6. The van der Waals surface area contributed by atoms with Crippen LogP contribution in [0, 0.1) is 19.7 Å². The minimum atomic E-state index is -0.264. The summed E-state index contributed by atoms with van der Waals surface area (Å²) < 4.78 is 16.9. The third-order valence-corrected chi connectivity index (χ3v) is 5.24. The van der Waals surface area contributed by atoms with Crippen molar-refractivity contribution >= 4 is 46.9 Å². The molecule has 3 aromatic heterocycles. The van der Waals surface area contributed by atoms with E-state index in [1.165, 1.54) is 0 Å². The van der Waals surface area contributed by atoms with Gasteiger partial charge in [0.05, 0.1) is 16.9 Å². The van der Waals surface area contributed by atoms with Gasteiger partial charge in [-0.1, -0.05) is 6.08 Å². The Labute approximate surface area is 186 Å². The molecule has 0 fully saturated rings. The molecule has 4 aromatic rings. The first-order valence-corrected chi connectivity index (χ1v) is 9.42. The molecule has 1 aliphatic heterocycles. The van der Waals surface area contributed by atoms with Crippen molar-refractivity contribution in [2.45, 2.75) is 20.3 Å². The number of hydrogen-bond donors (Lipinski definition) is 1. The Morgan fingerprint density at radius 3 is 2.60 bits per heavy atom. The highest BCUT2D eigenvalue weighted by Gasteiger charge is 2.13. The molecule has 1 aromatic carbocycles. The maximum absolute atomic E-state index is 14.9. The summed E-state index contributed by atoms with van der Waals surface area (Å²) in [5, 5.41) is 12.5. The van der Waals surface area contributed by atoms with Gasteiger partial charge in [-0.3, -0.25) is 0 Å². The quantitative estimate of drug-likeness (QED) is 0.475. The van der Waals surface area contributed by atoms with Crippen LogP contribution in [0.25, 0.3) is 33.4 Å². The molecule has 5 rings (SSSR count). The van der Waals surface area contributed by atoms with Gasteiger partial charge in [0.1, 0.15) is 11.5 Å². The Morgan fingerprint density at radius 1 is 1.00 bits per heavy atom. The average Bonchev–Trinajstić information content (AvgIpc) is 3.09. The number of nitrogens with zero attached hydrogens (tertiary/aromatic N) is 4. The minimum Gasteiger partial charge on any atom is -0.313 e. The van der Waals surface area contributed by atoms with Gasteiger partial charge in [0.15, 0.2) is 0 Å². The van der Waals surface area contributed by atoms with Crippen LogP contribution in [0.5, 0.6) is 0 Å². The highest BCUT2D eigenvalue weighted by molar-refractivity contribution is 5.86. The topological polar surface area (TPSA) is 55.1 Å². The van der Waals surface area contributed by atoms with Crippen molar-refractivity contribution in [3.05, 3.63) is 65.4 Å². The smallest absolute Gasteiger partial charge is 0.139 e. The fourth-order valence-electron chi connectivity index (χ4n) is 3.84. The standard InChI is InChI=1S/C22H20FN5.2ClH/c1-13-7-17(12-28-11-14(2)25-22(13)28)20-10-18-19(23)8-16(9-21(18)27-26-20)15-3-5-24-6-4-15;;/h3,7-12,24H,4-6H2,1-2H3;2*1H. The Kier molecular flexibility index (Phi) is 6.41. The molecule has 0 bridgehead atoms. The minimum absolute atomic E-state index is 0. The van der Waals surface area contributed by atoms with Gasteiger partial charge >= 0.3 is 0 Å². The molecule has 0 radical (unpaired) electrons. The normalized spacial score (nSPS) is 13.6.